The second kappa shape index (κ2) is 14.7. The first-order chi connectivity index (χ1) is 19.2. The van der Waals surface area contributed by atoms with Crippen LogP contribution in [0.1, 0.15) is 24.8 Å². The summed E-state index contributed by atoms with van der Waals surface area (Å²) >= 11 is 0. The fourth-order valence-corrected chi connectivity index (χ4v) is 4.56. The lowest BCUT2D eigenvalue weighted by molar-refractivity contribution is -0.159. The topological polar surface area (TPSA) is 129 Å². The fourth-order valence-electron chi connectivity index (χ4n) is 4.56. The first-order valence-electron chi connectivity index (χ1n) is 13.2. The summed E-state index contributed by atoms with van der Waals surface area (Å²) in [5.74, 6) is -1.99. The van der Waals surface area contributed by atoms with Crippen LogP contribution < -0.4 is 19.7 Å². The number of carboxylic acid groups (broad SMARTS) is 2. The van der Waals surface area contributed by atoms with Crippen LogP contribution in [0.2, 0.25) is 0 Å². The van der Waals surface area contributed by atoms with Gasteiger partial charge in [-0.1, -0.05) is 36.4 Å². The van der Waals surface area contributed by atoms with Crippen molar-refractivity contribution in [3.63, 3.8) is 0 Å². The maximum atomic E-state index is 12.7. The molecule has 1 atom stereocenters. The second-order valence-electron chi connectivity index (χ2n) is 9.45. The van der Waals surface area contributed by atoms with Crippen molar-refractivity contribution in [2.24, 2.45) is 0 Å². The number of fused-ring (bicyclic) bond motifs is 1. The number of piperazine rings is 1. The molecule has 10 nitrogen and oxygen atoms in total. The largest absolute Gasteiger partial charge is 0.497 e. The van der Waals surface area contributed by atoms with Crippen molar-refractivity contribution >= 4 is 34.3 Å². The molecule has 1 aliphatic rings. The number of nitrogens with one attached hydrogen (secondary N) is 1. The molecule has 1 aliphatic heterocycles. The normalized spacial score (nSPS) is 14.0. The number of hydrogen-bond donors (Lipinski definition) is 3. The molecule has 0 bridgehead atoms. The Bertz CT molecular complexity index is 1290. The third-order valence-corrected chi connectivity index (χ3v) is 6.90. The van der Waals surface area contributed by atoms with Crippen molar-refractivity contribution in [1.29, 1.82) is 0 Å². The Morgan fingerprint density at radius 3 is 2.17 bits per heavy atom. The van der Waals surface area contributed by atoms with Crippen LogP contribution >= 0.6 is 0 Å². The second-order valence-corrected chi connectivity index (χ2v) is 9.45. The highest BCUT2D eigenvalue weighted by Crippen LogP contribution is 2.28. The lowest BCUT2D eigenvalue weighted by atomic mass is 9.97. The monoisotopic (exact) mass is 551 g/mol. The van der Waals surface area contributed by atoms with Gasteiger partial charge in [-0.15, -0.1) is 0 Å². The van der Waals surface area contributed by atoms with E-state index in [4.69, 9.17) is 29.3 Å². The predicted octanol–water partition coefficient (Wildman–Crippen LogP) is 3.44. The van der Waals surface area contributed by atoms with Crippen LogP contribution in [0.25, 0.3) is 10.8 Å². The van der Waals surface area contributed by atoms with Crippen LogP contribution in [0.5, 0.6) is 11.5 Å². The number of carbonyl (C=O) groups excluding carboxylic acids is 1. The van der Waals surface area contributed by atoms with Crippen molar-refractivity contribution in [2.45, 2.75) is 19.3 Å². The van der Waals surface area contributed by atoms with Crippen molar-refractivity contribution in [1.82, 2.24) is 10.2 Å². The molecule has 40 heavy (non-hydrogen) atoms. The summed E-state index contributed by atoms with van der Waals surface area (Å²) in [4.78, 5) is 35.8. The number of aliphatic carboxylic acids is 2. The van der Waals surface area contributed by atoms with Crippen LogP contribution in [0.15, 0.2) is 60.7 Å². The first kappa shape index (κ1) is 30.2. The number of carboxylic acids is 2. The number of nitrogens with zero attached hydrogens (tertiary/aromatic N) is 2. The van der Waals surface area contributed by atoms with Gasteiger partial charge in [0.15, 0.2) is 0 Å². The molecule has 4 rings (SSSR count). The van der Waals surface area contributed by atoms with E-state index in [9.17, 15) is 4.79 Å². The van der Waals surface area contributed by atoms with Crippen LogP contribution in [0, 0.1) is 0 Å². The van der Waals surface area contributed by atoms with Gasteiger partial charge in [0.2, 0.25) is 5.91 Å². The molecular formula is C30H37N3O7. The molecule has 3 aromatic rings. The quantitative estimate of drug-likeness (QED) is 0.271. The van der Waals surface area contributed by atoms with Gasteiger partial charge in [0, 0.05) is 32.7 Å². The molecule has 0 aliphatic carbocycles. The molecule has 214 valence electrons. The molecule has 1 fully saturated rings. The number of ether oxygens (including phenoxy) is 2. The van der Waals surface area contributed by atoms with E-state index in [0.29, 0.717) is 6.54 Å². The summed E-state index contributed by atoms with van der Waals surface area (Å²) in [6.07, 6.45) is 0.949. The Hall–Kier alpha value is -4.31. The van der Waals surface area contributed by atoms with Crippen LogP contribution in [0.3, 0.4) is 0 Å². The summed E-state index contributed by atoms with van der Waals surface area (Å²) in [5, 5.41) is 20.1. The number of rotatable bonds is 9. The number of amides is 1. The molecule has 1 amide bonds. The minimum absolute atomic E-state index is 0.0776. The average molecular weight is 552 g/mol. The molecule has 10 heteroatoms. The third-order valence-electron chi connectivity index (χ3n) is 6.90. The van der Waals surface area contributed by atoms with Gasteiger partial charge >= 0.3 is 11.9 Å². The van der Waals surface area contributed by atoms with Gasteiger partial charge in [0.05, 0.1) is 25.8 Å². The van der Waals surface area contributed by atoms with Gasteiger partial charge < -0.3 is 29.9 Å². The van der Waals surface area contributed by atoms with Crippen LogP contribution in [-0.4, -0.2) is 86.4 Å². The molecule has 0 radical (unpaired) electrons. The van der Waals surface area contributed by atoms with Gasteiger partial charge in [0.25, 0.3) is 0 Å². The van der Waals surface area contributed by atoms with Gasteiger partial charge in [-0.2, -0.15) is 0 Å². The maximum Gasteiger partial charge on any atom is 0.414 e. The Morgan fingerprint density at radius 1 is 0.875 bits per heavy atom. The molecular weight excluding hydrogens is 514 g/mol. The summed E-state index contributed by atoms with van der Waals surface area (Å²) in [6, 6.07) is 20.4. The van der Waals surface area contributed by atoms with Crippen LogP contribution in [-0.2, 0) is 14.4 Å². The Balaban J connectivity index is 0.000000663. The fraction of sp³-hybridized carbons (Fsp3) is 0.367. The molecule has 1 saturated heterocycles. The number of carbonyl (C=O) groups is 3. The highest BCUT2D eigenvalue weighted by molar-refractivity contribution is 6.27. The number of anilines is 1. The van der Waals surface area contributed by atoms with E-state index in [2.05, 4.69) is 39.4 Å². The van der Waals surface area contributed by atoms with E-state index in [1.165, 1.54) is 5.69 Å². The van der Waals surface area contributed by atoms with Gasteiger partial charge in [0.1, 0.15) is 11.5 Å². The van der Waals surface area contributed by atoms with Gasteiger partial charge in [-0.25, -0.2) is 9.59 Å². The minimum Gasteiger partial charge on any atom is -0.497 e. The zero-order valence-electron chi connectivity index (χ0n) is 23.1. The standard InChI is InChI=1S/C28H35N3O3.C2H2O4/c1-21(22-9-10-24-20-25(33-2)12-11-23(24)19-22)28(32)29-13-6-14-30-15-17-31(18-16-30)26-7-4-5-8-27(26)34-3;3-1(4)2(5)6/h4-5,7-12,19-21H,6,13-18H2,1-3H3,(H,29,32);(H,3,4)(H,5,6)/t21-;/m0./s1. The molecule has 3 aromatic carbocycles. The first-order valence-corrected chi connectivity index (χ1v) is 13.2. The zero-order valence-corrected chi connectivity index (χ0v) is 23.1. The minimum atomic E-state index is -1.82. The van der Waals surface area contributed by atoms with E-state index in [1.54, 1.807) is 14.2 Å². The lowest BCUT2D eigenvalue weighted by Gasteiger charge is -2.36. The summed E-state index contributed by atoms with van der Waals surface area (Å²) in [7, 11) is 3.39. The number of methoxy groups -OCH3 is 2. The van der Waals surface area contributed by atoms with E-state index in [0.717, 1.165) is 67.0 Å². The summed E-state index contributed by atoms with van der Waals surface area (Å²) in [6.45, 7) is 7.66. The Labute approximate surface area is 234 Å². The molecule has 3 N–H and O–H groups in total. The molecule has 0 aromatic heterocycles. The lowest BCUT2D eigenvalue weighted by Crippen LogP contribution is -2.47. The van der Waals surface area contributed by atoms with Crippen molar-refractivity contribution in [3.8, 4) is 11.5 Å². The molecule has 1 heterocycles. The summed E-state index contributed by atoms with van der Waals surface area (Å²) in [5.41, 5.74) is 2.20. The van der Waals surface area contributed by atoms with Gasteiger partial charge in [-0.3, -0.25) is 9.69 Å². The van der Waals surface area contributed by atoms with Crippen LogP contribution in [0.4, 0.5) is 5.69 Å². The Kier molecular flexibility index (Phi) is 11.1. The van der Waals surface area contributed by atoms with Crippen molar-refractivity contribution < 1.29 is 34.1 Å². The Morgan fingerprint density at radius 2 is 1.52 bits per heavy atom. The third kappa shape index (κ3) is 8.34. The number of benzene rings is 3. The molecule has 0 saturated carbocycles. The highest BCUT2D eigenvalue weighted by Gasteiger charge is 2.20. The van der Waals surface area contributed by atoms with Crippen molar-refractivity contribution in [3.05, 3.63) is 66.2 Å². The molecule has 0 unspecified atom stereocenters. The SMILES string of the molecule is COc1ccc2cc([C@H](C)C(=O)NCCCN3CCN(c4ccccc4OC)CC3)ccc2c1.O=C(O)C(=O)O. The number of para-hydroxylation sites is 2. The van der Waals surface area contributed by atoms with Crippen molar-refractivity contribution in [2.75, 3.05) is 58.4 Å². The highest BCUT2D eigenvalue weighted by atomic mass is 16.5. The van der Waals surface area contributed by atoms with E-state index >= 15 is 0 Å². The van der Waals surface area contributed by atoms with E-state index in [-0.39, 0.29) is 11.8 Å². The summed E-state index contributed by atoms with van der Waals surface area (Å²) < 4.78 is 10.8. The smallest absolute Gasteiger partial charge is 0.414 e. The van der Waals surface area contributed by atoms with E-state index < -0.39 is 11.9 Å². The number of hydrogen-bond acceptors (Lipinski definition) is 7. The average Bonchev–Trinajstić information content (AvgIpc) is 2.98. The molecule has 0 spiro atoms. The van der Waals surface area contributed by atoms with E-state index in [1.807, 2.05) is 43.3 Å². The predicted molar refractivity (Wildman–Crippen MR) is 153 cm³/mol. The zero-order chi connectivity index (χ0) is 29.1. The van der Waals surface area contributed by atoms with Gasteiger partial charge in [-0.05, 0) is 60.5 Å². The maximum absolute atomic E-state index is 12.7.